The zero-order valence-electron chi connectivity index (χ0n) is 9.91. The first-order valence-corrected chi connectivity index (χ1v) is 5.69. The average Bonchev–Trinajstić information content (AvgIpc) is 2.86. The van der Waals surface area contributed by atoms with Crippen LogP contribution in [0.1, 0.15) is 19.1 Å². The quantitative estimate of drug-likeness (QED) is 0.645. The maximum absolute atomic E-state index is 11.1. The number of likely N-dealkylation sites (tertiary alicyclic amines) is 1. The fourth-order valence-corrected chi connectivity index (χ4v) is 2.35. The van der Waals surface area contributed by atoms with Crippen LogP contribution >= 0.6 is 0 Å². The van der Waals surface area contributed by atoms with E-state index in [0.29, 0.717) is 12.3 Å². The van der Waals surface area contributed by atoms with Crippen LogP contribution in [0.25, 0.3) is 0 Å². The Balaban J connectivity index is 2.08. The van der Waals surface area contributed by atoms with Gasteiger partial charge in [-0.05, 0) is 24.9 Å². The highest BCUT2D eigenvalue weighted by Crippen LogP contribution is 2.27. The number of aliphatic carboxylic acids is 1. The number of nitrogens with zero attached hydrogens (tertiary/aromatic N) is 2. The van der Waals surface area contributed by atoms with E-state index in [1.165, 1.54) is 12.1 Å². The van der Waals surface area contributed by atoms with Crippen LogP contribution in [-0.2, 0) is 11.3 Å². The van der Waals surface area contributed by atoms with Crippen molar-refractivity contribution in [3.63, 3.8) is 0 Å². The Labute approximate surface area is 103 Å². The van der Waals surface area contributed by atoms with E-state index >= 15 is 0 Å². The van der Waals surface area contributed by atoms with E-state index in [9.17, 15) is 14.9 Å². The highest BCUT2D eigenvalue weighted by atomic mass is 16.6. The number of hydrogen-bond donors (Lipinski definition) is 1. The first-order valence-electron chi connectivity index (χ1n) is 5.69. The molecule has 1 aliphatic rings. The van der Waals surface area contributed by atoms with Gasteiger partial charge in [-0.1, -0.05) is 6.92 Å². The topological polar surface area (TPSA) is 96.8 Å². The monoisotopic (exact) mass is 254 g/mol. The molecule has 98 valence electrons. The number of rotatable bonds is 4. The second-order valence-electron chi connectivity index (χ2n) is 4.52. The van der Waals surface area contributed by atoms with Gasteiger partial charge in [0.15, 0.2) is 0 Å². The predicted octanol–water partition coefficient (Wildman–Crippen LogP) is 1.48. The zero-order valence-corrected chi connectivity index (χ0v) is 9.91. The van der Waals surface area contributed by atoms with Crippen molar-refractivity contribution in [3.05, 3.63) is 28.0 Å². The minimum atomic E-state index is -0.860. The van der Waals surface area contributed by atoms with Crippen molar-refractivity contribution < 1.29 is 19.2 Å². The van der Waals surface area contributed by atoms with Crippen molar-refractivity contribution in [1.82, 2.24) is 4.90 Å². The molecule has 2 unspecified atom stereocenters. The molecule has 0 spiro atoms. The Morgan fingerprint density at radius 3 is 2.94 bits per heavy atom. The van der Waals surface area contributed by atoms with Crippen molar-refractivity contribution in [2.45, 2.75) is 25.9 Å². The van der Waals surface area contributed by atoms with Crippen molar-refractivity contribution in [3.8, 4) is 0 Å². The number of furan rings is 1. The van der Waals surface area contributed by atoms with Gasteiger partial charge >= 0.3 is 11.9 Å². The van der Waals surface area contributed by atoms with Crippen molar-refractivity contribution in [2.75, 3.05) is 6.54 Å². The molecule has 1 aromatic rings. The summed E-state index contributed by atoms with van der Waals surface area (Å²) in [6.45, 7) is 2.84. The molecule has 0 amide bonds. The van der Waals surface area contributed by atoms with Gasteiger partial charge in [-0.3, -0.25) is 19.8 Å². The van der Waals surface area contributed by atoms with Crippen LogP contribution < -0.4 is 0 Å². The number of carboxylic acid groups (broad SMARTS) is 1. The van der Waals surface area contributed by atoms with Crippen LogP contribution in [0.15, 0.2) is 16.5 Å². The number of carbonyl (C=O) groups is 1. The first kappa shape index (κ1) is 12.6. The van der Waals surface area contributed by atoms with Gasteiger partial charge in [0.2, 0.25) is 0 Å². The van der Waals surface area contributed by atoms with Crippen LogP contribution in [0.2, 0.25) is 0 Å². The Morgan fingerprint density at radius 2 is 2.39 bits per heavy atom. The van der Waals surface area contributed by atoms with E-state index in [-0.39, 0.29) is 18.3 Å². The third-order valence-corrected chi connectivity index (χ3v) is 3.24. The molecule has 1 aromatic heterocycles. The molecule has 1 aliphatic heterocycles. The summed E-state index contributed by atoms with van der Waals surface area (Å²) in [5.74, 6) is -0.681. The van der Waals surface area contributed by atoms with Crippen LogP contribution in [0, 0.1) is 16.0 Å². The van der Waals surface area contributed by atoms with Crippen LogP contribution in [0.4, 0.5) is 5.88 Å². The normalized spacial score (nSPS) is 24.3. The van der Waals surface area contributed by atoms with Crippen molar-refractivity contribution >= 4 is 11.9 Å². The van der Waals surface area contributed by atoms with Gasteiger partial charge in [0, 0.05) is 0 Å². The fraction of sp³-hybridized carbons (Fsp3) is 0.545. The van der Waals surface area contributed by atoms with E-state index in [1.807, 2.05) is 6.92 Å². The predicted molar refractivity (Wildman–Crippen MR) is 61.0 cm³/mol. The SMILES string of the molecule is CC1CCN(Cc2ccc([N+](=O)[O-])o2)C1C(=O)O. The van der Waals surface area contributed by atoms with Crippen molar-refractivity contribution in [1.29, 1.82) is 0 Å². The van der Waals surface area contributed by atoms with E-state index in [2.05, 4.69) is 0 Å². The maximum atomic E-state index is 11.1. The van der Waals surface area contributed by atoms with Gasteiger partial charge < -0.3 is 9.52 Å². The molecule has 1 N–H and O–H groups in total. The summed E-state index contributed by atoms with van der Waals surface area (Å²) in [6.07, 6.45) is 0.805. The molecule has 2 atom stereocenters. The minimum Gasteiger partial charge on any atom is -0.480 e. The number of carboxylic acids is 1. The highest BCUT2D eigenvalue weighted by Gasteiger charge is 2.37. The molecule has 7 nitrogen and oxygen atoms in total. The van der Waals surface area contributed by atoms with E-state index < -0.39 is 16.9 Å². The third kappa shape index (κ3) is 2.35. The van der Waals surface area contributed by atoms with E-state index in [0.717, 1.165) is 6.42 Å². The summed E-state index contributed by atoms with van der Waals surface area (Å²) in [5, 5.41) is 19.6. The summed E-state index contributed by atoms with van der Waals surface area (Å²) >= 11 is 0. The van der Waals surface area contributed by atoms with Gasteiger partial charge in [0.25, 0.3) is 0 Å². The lowest BCUT2D eigenvalue weighted by molar-refractivity contribution is -0.402. The van der Waals surface area contributed by atoms with E-state index in [1.54, 1.807) is 4.90 Å². The number of hydrogen-bond acceptors (Lipinski definition) is 5. The molecule has 2 heterocycles. The average molecular weight is 254 g/mol. The molecule has 7 heteroatoms. The molecule has 2 rings (SSSR count). The van der Waals surface area contributed by atoms with Gasteiger partial charge in [-0.2, -0.15) is 0 Å². The van der Waals surface area contributed by atoms with Gasteiger partial charge in [-0.15, -0.1) is 0 Å². The smallest absolute Gasteiger partial charge is 0.433 e. The second-order valence-corrected chi connectivity index (χ2v) is 4.52. The summed E-state index contributed by atoms with van der Waals surface area (Å²) in [6, 6.07) is 2.25. The molecule has 0 aliphatic carbocycles. The Kier molecular flexibility index (Phi) is 3.33. The zero-order chi connectivity index (χ0) is 13.3. The molecular weight excluding hydrogens is 240 g/mol. The fourth-order valence-electron chi connectivity index (χ4n) is 2.35. The van der Waals surface area contributed by atoms with E-state index in [4.69, 9.17) is 9.52 Å². The molecule has 1 fully saturated rings. The second kappa shape index (κ2) is 4.77. The third-order valence-electron chi connectivity index (χ3n) is 3.24. The number of nitro groups is 1. The minimum absolute atomic E-state index is 0.0763. The van der Waals surface area contributed by atoms with Crippen molar-refractivity contribution in [2.24, 2.45) is 5.92 Å². The van der Waals surface area contributed by atoms with Crippen LogP contribution in [0.3, 0.4) is 0 Å². The first-order chi connectivity index (χ1) is 8.49. The maximum Gasteiger partial charge on any atom is 0.433 e. The summed E-state index contributed by atoms with van der Waals surface area (Å²) in [7, 11) is 0. The Bertz CT molecular complexity index is 470. The lowest BCUT2D eigenvalue weighted by Gasteiger charge is -2.21. The summed E-state index contributed by atoms with van der Waals surface area (Å²) in [5.41, 5.74) is 0. The largest absolute Gasteiger partial charge is 0.480 e. The summed E-state index contributed by atoms with van der Waals surface area (Å²) < 4.78 is 5.04. The van der Waals surface area contributed by atoms with Crippen LogP contribution in [-0.4, -0.2) is 33.5 Å². The standard InChI is InChI=1S/C11H14N2O5/c1-7-4-5-12(10(7)11(14)15)6-8-2-3-9(18-8)13(16)17/h2-3,7,10H,4-6H2,1H3,(H,14,15). The van der Waals surface area contributed by atoms with Gasteiger partial charge in [0.05, 0.1) is 12.6 Å². The molecule has 18 heavy (non-hydrogen) atoms. The van der Waals surface area contributed by atoms with Gasteiger partial charge in [-0.25, -0.2) is 0 Å². The lowest BCUT2D eigenvalue weighted by atomic mass is 10.0. The molecule has 0 saturated carbocycles. The molecule has 0 bridgehead atoms. The lowest BCUT2D eigenvalue weighted by Crippen LogP contribution is -2.38. The molecule has 0 aromatic carbocycles. The van der Waals surface area contributed by atoms with Crippen LogP contribution in [0.5, 0.6) is 0 Å². The Morgan fingerprint density at radius 1 is 1.67 bits per heavy atom. The highest BCUT2D eigenvalue weighted by molar-refractivity contribution is 5.74. The molecule has 1 saturated heterocycles. The summed E-state index contributed by atoms with van der Waals surface area (Å²) in [4.78, 5) is 22.8. The molecular formula is C11H14N2O5. The Hall–Kier alpha value is -1.89. The van der Waals surface area contributed by atoms with Gasteiger partial charge in [0.1, 0.15) is 16.7 Å². The molecule has 0 radical (unpaired) electrons.